The van der Waals surface area contributed by atoms with E-state index in [1.807, 2.05) is 47.7 Å². The number of anilines is 1. The molecule has 1 N–H and O–H groups in total. The van der Waals surface area contributed by atoms with Crippen LogP contribution in [-0.2, 0) is 0 Å². The number of aromatic nitrogens is 4. The molecule has 3 aromatic heterocycles. The maximum Gasteiger partial charge on any atom is 0.273 e. The lowest BCUT2D eigenvalue weighted by Crippen LogP contribution is -2.39. The number of rotatable bonds is 4. The number of hydrogen-bond donors (Lipinski definition) is 1. The standard InChI is InChI=1S/C25H31N7O/c1-16-10-18(3)27-21(11-16)25(33)31-8-5-4-6-22(31)20-12-23-28-24(17(2)14-32(23)29-20)30-9-7-19(13-26)15-30/h10-14,19,22,26H,4-9,15H2,1-3H3/t19?,22-/m0/s1. The van der Waals surface area contributed by atoms with Gasteiger partial charge in [0.05, 0.1) is 11.7 Å². The van der Waals surface area contributed by atoms with Gasteiger partial charge in [-0.2, -0.15) is 5.10 Å². The van der Waals surface area contributed by atoms with Crippen molar-refractivity contribution in [2.75, 3.05) is 24.5 Å². The van der Waals surface area contributed by atoms with E-state index in [1.165, 1.54) is 0 Å². The molecule has 0 spiro atoms. The lowest BCUT2D eigenvalue weighted by molar-refractivity contribution is 0.0599. The highest BCUT2D eigenvalue weighted by atomic mass is 16.2. The Bertz CT molecular complexity index is 1200. The molecule has 3 aromatic rings. The number of likely N-dealkylation sites (tertiary alicyclic amines) is 1. The fourth-order valence-electron chi connectivity index (χ4n) is 5.20. The summed E-state index contributed by atoms with van der Waals surface area (Å²) in [5, 5.41) is 12.4. The van der Waals surface area contributed by atoms with Crippen molar-refractivity contribution in [1.82, 2.24) is 24.5 Å². The lowest BCUT2D eigenvalue weighted by atomic mass is 9.98. The first-order valence-electron chi connectivity index (χ1n) is 11.8. The number of aryl methyl sites for hydroxylation is 3. The Labute approximate surface area is 194 Å². The van der Waals surface area contributed by atoms with Crippen LogP contribution < -0.4 is 4.90 Å². The zero-order valence-corrected chi connectivity index (χ0v) is 19.6. The third-order valence-electron chi connectivity index (χ3n) is 6.81. The first-order chi connectivity index (χ1) is 15.9. The molecule has 5 heterocycles. The Morgan fingerprint density at radius 3 is 2.70 bits per heavy atom. The predicted molar refractivity (Wildman–Crippen MR) is 128 cm³/mol. The molecule has 0 saturated carbocycles. The fraction of sp³-hybridized carbons (Fsp3) is 0.480. The number of carbonyl (C=O) groups is 1. The smallest absolute Gasteiger partial charge is 0.273 e. The van der Waals surface area contributed by atoms with E-state index in [0.717, 1.165) is 72.8 Å². The SMILES string of the molecule is Cc1cc(C)nc(C(=O)N2CCCC[C@H]2c2cc3nc(N4CCC(C=N)C4)c(C)cn3n2)c1. The minimum atomic E-state index is -0.0755. The normalized spacial score (nSPS) is 21.1. The Morgan fingerprint density at radius 2 is 1.94 bits per heavy atom. The van der Waals surface area contributed by atoms with Gasteiger partial charge in [-0.25, -0.2) is 14.5 Å². The maximum absolute atomic E-state index is 13.4. The first-order valence-corrected chi connectivity index (χ1v) is 11.8. The van der Waals surface area contributed by atoms with Gasteiger partial charge in [-0.1, -0.05) is 0 Å². The highest BCUT2D eigenvalue weighted by Crippen LogP contribution is 2.33. The summed E-state index contributed by atoms with van der Waals surface area (Å²) >= 11 is 0. The highest BCUT2D eigenvalue weighted by molar-refractivity contribution is 5.93. The van der Waals surface area contributed by atoms with Crippen LogP contribution in [0.4, 0.5) is 5.82 Å². The molecular formula is C25H31N7O. The van der Waals surface area contributed by atoms with E-state index < -0.39 is 0 Å². The molecule has 1 amide bonds. The van der Waals surface area contributed by atoms with E-state index in [0.29, 0.717) is 18.2 Å². The third-order valence-corrected chi connectivity index (χ3v) is 6.81. The Balaban J connectivity index is 1.46. The summed E-state index contributed by atoms with van der Waals surface area (Å²) in [6.45, 7) is 8.44. The molecule has 1 unspecified atom stereocenters. The summed E-state index contributed by atoms with van der Waals surface area (Å²) in [5.41, 5.74) is 5.17. The molecule has 5 rings (SSSR count). The molecule has 0 bridgehead atoms. The molecule has 2 fully saturated rings. The molecular weight excluding hydrogens is 414 g/mol. The summed E-state index contributed by atoms with van der Waals surface area (Å²) in [6, 6.07) is 5.81. The van der Waals surface area contributed by atoms with E-state index in [9.17, 15) is 4.79 Å². The van der Waals surface area contributed by atoms with Gasteiger partial charge < -0.3 is 15.2 Å². The molecule has 2 saturated heterocycles. The highest BCUT2D eigenvalue weighted by Gasteiger charge is 2.32. The number of carbonyl (C=O) groups excluding carboxylic acids is 1. The predicted octanol–water partition coefficient (Wildman–Crippen LogP) is 3.89. The van der Waals surface area contributed by atoms with E-state index >= 15 is 0 Å². The van der Waals surface area contributed by atoms with Gasteiger partial charge in [0.15, 0.2) is 5.65 Å². The number of pyridine rings is 1. The van der Waals surface area contributed by atoms with Crippen molar-refractivity contribution in [2.24, 2.45) is 5.92 Å². The monoisotopic (exact) mass is 445 g/mol. The number of piperidine rings is 1. The molecule has 172 valence electrons. The van der Waals surface area contributed by atoms with Gasteiger partial charge in [-0.15, -0.1) is 0 Å². The van der Waals surface area contributed by atoms with E-state index in [2.05, 4.69) is 16.8 Å². The van der Waals surface area contributed by atoms with Gasteiger partial charge in [0.2, 0.25) is 0 Å². The van der Waals surface area contributed by atoms with Gasteiger partial charge >= 0.3 is 0 Å². The van der Waals surface area contributed by atoms with Crippen molar-refractivity contribution in [3.8, 4) is 0 Å². The molecule has 0 aliphatic carbocycles. The number of amides is 1. The molecule has 0 radical (unpaired) electrons. The Morgan fingerprint density at radius 1 is 1.09 bits per heavy atom. The largest absolute Gasteiger partial charge is 0.356 e. The van der Waals surface area contributed by atoms with Crippen LogP contribution in [0.5, 0.6) is 0 Å². The van der Waals surface area contributed by atoms with Crippen molar-refractivity contribution < 1.29 is 4.79 Å². The second kappa shape index (κ2) is 8.57. The fourth-order valence-corrected chi connectivity index (χ4v) is 5.20. The van der Waals surface area contributed by atoms with Crippen molar-refractivity contribution in [3.63, 3.8) is 0 Å². The van der Waals surface area contributed by atoms with Crippen LogP contribution in [0.3, 0.4) is 0 Å². The minimum Gasteiger partial charge on any atom is -0.356 e. The van der Waals surface area contributed by atoms with E-state index in [4.69, 9.17) is 15.5 Å². The molecule has 8 nitrogen and oxygen atoms in total. The van der Waals surface area contributed by atoms with Crippen molar-refractivity contribution in [2.45, 2.75) is 52.5 Å². The maximum atomic E-state index is 13.4. The van der Waals surface area contributed by atoms with Crippen LogP contribution in [-0.4, -0.2) is 56.2 Å². The number of hydrogen-bond acceptors (Lipinski definition) is 6. The summed E-state index contributed by atoms with van der Waals surface area (Å²) in [6.07, 6.45) is 7.51. The van der Waals surface area contributed by atoms with E-state index in [-0.39, 0.29) is 11.9 Å². The van der Waals surface area contributed by atoms with Crippen molar-refractivity contribution in [1.29, 1.82) is 5.41 Å². The number of fused-ring (bicyclic) bond motifs is 1. The molecule has 0 aromatic carbocycles. The molecule has 8 heteroatoms. The summed E-state index contributed by atoms with van der Waals surface area (Å²) in [7, 11) is 0. The summed E-state index contributed by atoms with van der Waals surface area (Å²) in [5.74, 6) is 1.24. The zero-order valence-electron chi connectivity index (χ0n) is 19.6. The average molecular weight is 446 g/mol. The second-order valence-electron chi connectivity index (χ2n) is 9.46. The zero-order chi connectivity index (χ0) is 23.1. The summed E-state index contributed by atoms with van der Waals surface area (Å²) < 4.78 is 1.84. The molecule has 2 aliphatic rings. The number of nitrogens with one attached hydrogen (secondary N) is 1. The van der Waals surface area contributed by atoms with Crippen LogP contribution in [0.25, 0.3) is 5.65 Å². The Kier molecular flexibility index (Phi) is 5.60. The number of nitrogens with zero attached hydrogens (tertiary/aromatic N) is 6. The van der Waals surface area contributed by atoms with Crippen LogP contribution in [0.1, 0.15) is 64.7 Å². The third kappa shape index (κ3) is 4.10. The Hall–Kier alpha value is -3.29. The van der Waals surface area contributed by atoms with Gasteiger partial charge in [0.25, 0.3) is 5.91 Å². The van der Waals surface area contributed by atoms with Gasteiger partial charge in [0.1, 0.15) is 11.5 Å². The van der Waals surface area contributed by atoms with Gasteiger partial charge in [0, 0.05) is 55.3 Å². The topological polar surface area (TPSA) is 90.5 Å². The molecule has 2 aliphatic heterocycles. The molecule has 33 heavy (non-hydrogen) atoms. The molecule has 2 atom stereocenters. The van der Waals surface area contributed by atoms with Crippen LogP contribution in [0.2, 0.25) is 0 Å². The van der Waals surface area contributed by atoms with Crippen molar-refractivity contribution >= 4 is 23.6 Å². The summed E-state index contributed by atoms with van der Waals surface area (Å²) in [4.78, 5) is 27.1. The first kappa shape index (κ1) is 21.6. The van der Waals surface area contributed by atoms with Crippen LogP contribution >= 0.6 is 0 Å². The lowest BCUT2D eigenvalue weighted by Gasteiger charge is -2.34. The van der Waals surface area contributed by atoms with Gasteiger partial charge in [-0.3, -0.25) is 4.79 Å². The van der Waals surface area contributed by atoms with Gasteiger partial charge in [-0.05, 0) is 64.2 Å². The quantitative estimate of drug-likeness (QED) is 0.615. The van der Waals surface area contributed by atoms with E-state index in [1.54, 1.807) is 6.21 Å². The average Bonchev–Trinajstić information content (AvgIpc) is 3.44. The minimum absolute atomic E-state index is 0.0249. The van der Waals surface area contributed by atoms with Crippen LogP contribution in [0, 0.1) is 32.1 Å². The van der Waals surface area contributed by atoms with Crippen molar-refractivity contribution in [3.05, 3.63) is 52.6 Å². The second-order valence-corrected chi connectivity index (χ2v) is 9.46. The van der Waals surface area contributed by atoms with Crippen LogP contribution in [0.15, 0.2) is 24.4 Å².